The van der Waals surface area contributed by atoms with Crippen LogP contribution in [0, 0.1) is 0 Å². The van der Waals surface area contributed by atoms with Gasteiger partial charge >= 0.3 is 5.97 Å². The third kappa shape index (κ3) is 4.74. The molecule has 0 radical (unpaired) electrons. The summed E-state index contributed by atoms with van der Waals surface area (Å²) in [7, 11) is 0. The lowest BCUT2D eigenvalue weighted by atomic mass is 9.74. The summed E-state index contributed by atoms with van der Waals surface area (Å²) in [6.07, 6.45) is 4.77. The minimum atomic E-state index is -0.419. The molecule has 0 bridgehead atoms. The maximum atomic E-state index is 12.1. The molecule has 1 saturated heterocycles. The van der Waals surface area contributed by atoms with Crippen LogP contribution in [0.5, 0.6) is 11.5 Å². The lowest BCUT2D eigenvalue weighted by molar-refractivity contribution is -0.155. The first-order chi connectivity index (χ1) is 15.8. The van der Waals surface area contributed by atoms with E-state index in [1.165, 1.54) is 16.7 Å². The number of carbonyl (C=O) groups is 1. The maximum absolute atomic E-state index is 12.1. The number of hydrogen-bond donors (Lipinski definition) is 0. The topological polar surface area (TPSA) is 48.0 Å². The second-order valence-electron chi connectivity index (χ2n) is 10.7. The quantitative estimate of drug-likeness (QED) is 0.587. The van der Waals surface area contributed by atoms with Crippen molar-refractivity contribution in [2.75, 3.05) is 26.2 Å². The largest absolute Gasteiger partial charge is 0.492 e. The lowest BCUT2D eigenvalue weighted by Gasteiger charge is -2.38. The highest BCUT2D eigenvalue weighted by Crippen LogP contribution is 2.47. The summed E-state index contributed by atoms with van der Waals surface area (Å²) in [6.45, 7) is 9.18. The molecule has 0 unspecified atom stereocenters. The van der Waals surface area contributed by atoms with Crippen molar-refractivity contribution in [1.82, 2.24) is 4.90 Å². The Bertz CT molecular complexity index is 1020. The van der Waals surface area contributed by atoms with Crippen LogP contribution in [0.25, 0.3) is 0 Å². The summed E-state index contributed by atoms with van der Waals surface area (Å²) >= 11 is 0. The third-order valence-corrected chi connectivity index (χ3v) is 7.25. The van der Waals surface area contributed by atoms with Crippen molar-refractivity contribution in [2.45, 2.75) is 70.0 Å². The number of benzene rings is 2. The van der Waals surface area contributed by atoms with Crippen LogP contribution >= 0.6 is 0 Å². The van der Waals surface area contributed by atoms with Crippen LogP contribution in [0.2, 0.25) is 0 Å². The van der Waals surface area contributed by atoms with E-state index in [1.807, 2.05) is 20.8 Å². The van der Waals surface area contributed by atoms with Gasteiger partial charge in [0.15, 0.2) is 0 Å². The van der Waals surface area contributed by atoms with Crippen LogP contribution in [0.15, 0.2) is 42.5 Å². The number of piperidine rings is 1. The van der Waals surface area contributed by atoms with Crippen molar-refractivity contribution in [3.05, 3.63) is 59.2 Å². The maximum Gasteiger partial charge on any atom is 0.307 e. The first-order valence-corrected chi connectivity index (χ1v) is 12.3. The molecule has 33 heavy (non-hydrogen) atoms. The van der Waals surface area contributed by atoms with E-state index in [9.17, 15) is 4.79 Å². The second-order valence-corrected chi connectivity index (χ2v) is 10.7. The molecule has 0 aromatic heterocycles. The van der Waals surface area contributed by atoms with Gasteiger partial charge in [-0.25, -0.2) is 0 Å². The van der Waals surface area contributed by atoms with E-state index >= 15 is 0 Å². The van der Waals surface area contributed by atoms with E-state index in [1.54, 1.807) is 0 Å². The van der Waals surface area contributed by atoms with Gasteiger partial charge in [-0.05, 0) is 76.7 Å². The van der Waals surface area contributed by atoms with Gasteiger partial charge in [0.2, 0.25) is 0 Å². The molecule has 0 N–H and O–H groups in total. The molecule has 176 valence electrons. The lowest BCUT2D eigenvalue weighted by Crippen LogP contribution is -2.44. The van der Waals surface area contributed by atoms with Crippen molar-refractivity contribution in [2.24, 2.45) is 0 Å². The standard InChI is InChI=1S/C28H35NO4/c1-27(2,3)33-26(30)12-15-29-16-13-28(14-17-29)19-31-25-18-21(9-10-23(25)28)32-24-11-8-20-6-4-5-7-22(20)24/h4-7,9-10,18,24H,8,11-17,19H2,1-3H3/t24-/m1/s1. The van der Waals surface area contributed by atoms with Crippen molar-refractivity contribution in [3.8, 4) is 11.5 Å². The van der Waals surface area contributed by atoms with Crippen LogP contribution in [0.1, 0.15) is 69.2 Å². The number of carbonyl (C=O) groups excluding carboxylic acids is 1. The zero-order valence-electron chi connectivity index (χ0n) is 20.1. The normalized spacial score (nSPS) is 21.4. The number of likely N-dealkylation sites (tertiary alicyclic amines) is 1. The fourth-order valence-corrected chi connectivity index (χ4v) is 5.49. The Morgan fingerprint density at radius 3 is 2.73 bits per heavy atom. The Kier molecular flexibility index (Phi) is 5.86. The number of rotatable bonds is 5. The summed E-state index contributed by atoms with van der Waals surface area (Å²) in [4.78, 5) is 14.4. The first-order valence-electron chi connectivity index (χ1n) is 12.3. The number of nitrogens with zero attached hydrogens (tertiary/aromatic N) is 1. The molecule has 1 aliphatic carbocycles. The number of fused-ring (bicyclic) bond motifs is 3. The van der Waals surface area contributed by atoms with Crippen molar-refractivity contribution in [3.63, 3.8) is 0 Å². The molecule has 1 fully saturated rings. The summed E-state index contributed by atoms with van der Waals surface area (Å²) in [5.74, 6) is 1.75. The van der Waals surface area contributed by atoms with Gasteiger partial charge in [0.05, 0.1) is 13.0 Å². The average molecular weight is 450 g/mol. The molecule has 5 nitrogen and oxygen atoms in total. The molecular formula is C28H35NO4. The van der Waals surface area contributed by atoms with Gasteiger partial charge in [-0.2, -0.15) is 0 Å². The average Bonchev–Trinajstić information content (AvgIpc) is 3.34. The van der Waals surface area contributed by atoms with Gasteiger partial charge in [0.25, 0.3) is 0 Å². The molecule has 5 heteroatoms. The molecular weight excluding hydrogens is 414 g/mol. The van der Waals surface area contributed by atoms with Gasteiger partial charge in [-0.3, -0.25) is 4.79 Å². The molecule has 3 aliphatic rings. The SMILES string of the molecule is CC(C)(C)OC(=O)CCN1CCC2(CC1)COc1cc(O[C@@H]3CCc4ccccc43)ccc12. The smallest absolute Gasteiger partial charge is 0.307 e. The van der Waals surface area contributed by atoms with E-state index in [-0.39, 0.29) is 17.5 Å². The first kappa shape index (κ1) is 22.3. The predicted octanol–water partition coefficient (Wildman–Crippen LogP) is 5.21. The number of ether oxygens (including phenoxy) is 3. The van der Waals surface area contributed by atoms with Gasteiger partial charge in [-0.15, -0.1) is 0 Å². The highest BCUT2D eigenvalue weighted by atomic mass is 16.6. The van der Waals surface area contributed by atoms with Crippen LogP contribution in [-0.2, 0) is 21.4 Å². The van der Waals surface area contributed by atoms with Gasteiger partial charge in [0.1, 0.15) is 23.2 Å². The molecule has 2 aromatic carbocycles. The Hall–Kier alpha value is -2.53. The van der Waals surface area contributed by atoms with Gasteiger partial charge in [-0.1, -0.05) is 30.3 Å². The number of aryl methyl sites for hydroxylation is 1. The Labute approximate surface area is 197 Å². The Morgan fingerprint density at radius 1 is 1.15 bits per heavy atom. The van der Waals surface area contributed by atoms with E-state index in [2.05, 4.69) is 47.4 Å². The molecule has 0 amide bonds. The second kappa shape index (κ2) is 8.68. The molecule has 2 heterocycles. The summed E-state index contributed by atoms with van der Waals surface area (Å²) < 4.78 is 18.0. The van der Waals surface area contributed by atoms with E-state index in [0.717, 1.165) is 63.4 Å². The van der Waals surface area contributed by atoms with Crippen molar-refractivity contribution >= 4 is 5.97 Å². The fourth-order valence-electron chi connectivity index (χ4n) is 5.49. The molecule has 1 atom stereocenters. The zero-order chi connectivity index (χ0) is 23.1. The van der Waals surface area contributed by atoms with Crippen LogP contribution in [0.4, 0.5) is 0 Å². The number of esters is 1. The highest BCUT2D eigenvalue weighted by Gasteiger charge is 2.43. The number of hydrogen-bond acceptors (Lipinski definition) is 5. The van der Waals surface area contributed by atoms with E-state index < -0.39 is 5.60 Å². The van der Waals surface area contributed by atoms with Crippen molar-refractivity contribution in [1.29, 1.82) is 0 Å². The minimum Gasteiger partial charge on any atom is -0.492 e. The molecule has 2 aromatic rings. The van der Waals surface area contributed by atoms with Gasteiger partial charge in [0, 0.05) is 23.6 Å². The molecule has 5 rings (SSSR count). The van der Waals surface area contributed by atoms with Gasteiger partial charge < -0.3 is 19.1 Å². The molecule has 2 aliphatic heterocycles. The highest BCUT2D eigenvalue weighted by molar-refractivity contribution is 5.70. The van der Waals surface area contributed by atoms with Crippen LogP contribution in [0.3, 0.4) is 0 Å². The molecule has 0 saturated carbocycles. The van der Waals surface area contributed by atoms with Crippen molar-refractivity contribution < 1.29 is 19.0 Å². The fraction of sp³-hybridized carbons (Fsp3) is 0.536. The Balaban J connectivity index is 1.18. The van der Waals surface area contributed by atoms with Crippen LogP contribution < -0.4 is 9.47 Å². The summed E-state index contributed by atoms with van der Waals surface area (Å²) in [5.41, 5.74) is 3.69. The predicted molar refractivity (Wildman–Crippen MR) is 128 cm³/mol. The van der Waals surface area contributed by atoms with E-state index in [0.29, 0.717) is 6.42 Å². The Morgan fingerprint density at radius 2 is 1.94 bits per heavy atom. The minimum absolute atomic E-state index is 0.0796. The zero-order valence-corrected chi connectivity index (χ0v) is 20.1. The van der Waals surface area contributed by atoms with Crippen LogP contribution in [-0.4, -0.2) is 42.7 Å². The summed E-state index contributed by atoms with van der Waals surface area (Å²) in [6, 6.07) is 15.0. The monoisotopic (exact) mass is 449 g/mol. The third-order valence-electron chi connectivity index (χ3n) is 7.25. The summed E-state index contributed by atoms with van der Waals surface area (Å²) in [5, 5.41) is 0. The molecule has 1 spiro atoms. The van der Waals surface area contributed by atoms with E-state index in [4.69, 9.17) is 14.2 Å².